The zero-order chi connectivity index (χ0) is 9.28. The second-order valence-corrected chi connectivity index (χ2v) is 1.35. The van der Waals surface area contributed by atoms with E-state index >= 15 is 0 Å². The van der Waals surface area contributed by atoms with E-state index in [-0.39, 0.29) is 0 Å². The molecular formula is C4H4O6Ti. The van der Waals surface area contributed by atoms with E-state index in [2.05, 4.69) is 0 Å². The van der Waals surface area contributed by atoms with Gasteiger partial charge in [0.2, 0.25) is 0 Å². The van der Waals surface area contributed by atoms with Crippen molar-refractivity contribution in [2.75, 3.05) is 0 Å². The first-order chi connectivity index (χ1) is 5.04. The summed E-state index contributed by atoms with van der Waals surface area (Å²) in [6.07, 6.45) is 1.12. The van der Waals surface area contributed by atoms with E-state index in [4.69, 9.17) is 16.9 Å². The Labute approximate surface area is 70.1 Å². The quantitative estimate of drug-likeness (QED) is 0.453. The van der Waals surface area contributed by atoms with E-state index in [0.29, 0.717) is 12.2 Å². The predicted molar refractivity (Wildman–Crippen MR) is 25.8 cm³/mol. The summed E-state index contributed by atoms with van der Waals surface area (Å²) in [5, 5.41) is 15.6. The zero-order valence-electron chi connectivity index (χ0n) is 5.18. The van der Waals surface area contributed by atoms with Crippen LogP contribution in [0.3, 0.4) is 0 Å². The summed E-state index contributed by atoms with van der Waals surface area (Å²) in [5.41, 5.74) is 0. The summed E-state index contributed by atoms with van der Waals surface area (Å²) < 4.78 is 17.0. The van der Waals surface area contributed by atoms with Crippen LogP contribution in [0.5, 0.6) is 0 Å². The van der Waals surface area contributed by atoms with Gasteiger partial charge in [0.15, 0.2) is 0 Å². The summed E-state index contributed by atoms with van der Waals surface area (Å²) in [5.74, 6) is -2.51. The summed E-state index contributed by atoms with van der Waals surface area (Å²) in [6.45, 7) is 0. The Morgan fingerprint density at radius 3 is 1.27 bits per heavy atom. The molecule has 0 aliphatic heterocycles. The average Bonchev–Trinajstić information content (AvgIpc) is 1.85. The van der Waals surface area contributed by atoms with E-state index in [1.807, 2.05) is 0 Å². The van der Waals surface area contributed by atoms with Gasteiger partial charge in [-0.2, -0.15) is 0 Å². The number of rotatable bonds is 2. The Morgan fingerprint density at radius 2 is 1.18 bits per heavy atom. The monoisotopic (exact) mass is 196 g/mol. The molecule has 0 aliphatic carbocycles. The first kappa shape index (κ1) is 12.7. The molecule has 0 aliphatic rings. The Morgan fingerprint density at radius 1 is 1.00 bits per heavy atom. The molecule has 0 saturated heterocycles. The van der Waals surface area contributed by atoms with E-state index in [9.17, 15) is 9.59 Å². The molecular weight excluding hydrogens is 192 g/mol. The minimum absolute atomic E-state index is 0.558. The van der Waals surface area contributed by atoms with E-state index < -0.39 is 31.0 Å². The van der Waals surface area contributed by atoms with Crippen molar-refractivity contribution in [1.82, 2.24) is 0 Å². The van der Waals surface area contributed by atoms with Gasteiger partial charge >= 0.3 is 37.7 Å². The van der Waals surface area contributed by atoms with Crippen LogP contribution in [0.4, 0.5) is 0 Å². The molecule has 0 aromatic heterocycles. The van der Waals surface area contributed by atoms with Gasteiger partial charge < -0.3 is 10.2 Å². The number of carbonyl (C=O) groups is 2. The van der Waals surface area contributed by atoms with Crippen LogP contribution in [0.1, 0.15) is 0 Å². The van der Waals surface area contributed by atoms with Gasteiger partial charge in [0.05, 0.1) is 0 Å². The van der Waals surface area contributed by atoms with E-state index in [0.717, 1.165) is 0 Å². The molecule has 0 saturated carbocycles. The first-order valence-electron chi connectivity index (χ1n) is 2.17. The molecule has 60 valence electrons. The molecule has 0 heterocycles. The predicted octanol–water partition coefficient (Wildman–Crippen LogP) is -0.528. The molecule has 0 spiro atoms. The van der Waals surface area contributed by atoms with Crippen molar-refractivity contribution < 1.29 is 45.5 Å². The van der Waals surface area contributed by atoms with Crippen LogP contribution < -0.4 is 0 Å². The molecule has 7 heteroatoms. The van der Waals surface area contributed by atoms with Crippen molar-refractivity contribution in [2.45, 2.75) is 0 Å². The fourth-order valence-corrected chi connectivity index (χ4v) is 0.143. The second kappa shape index (κ2) is 8.99. The van der Waals surface area contributed by atoms with Crippen LogP contribution in [0.2, 0.25) is 0 Å². The van der Waals surface area contributed by atoms with Crippen molar-refractivity contribution in [3.63, 3.8) is 0 Å². The SMILES string of the molecule is O=C(O)/C=C\C(=O)O.[O]=[Ti]=[O]. The van der Waals surface area contributed by atoms with Crippen LogP contribution in [0.25, 0.3) is 0 Å². The second-order valence-electron chi connectivity index (χ2n) is 1.09. The zero-order valence-corrected chi connectivity index (χ0v) is 6.74. The fourth-order valence-electron chi connectivity index (χ4n) is 0.143. The number of carboxylic acid groups (broad SMARTS) is 2. The van der Waals surface area contributed by atoms with Crippen molar-refractivity contribution in [3.8, 4) is 0 Å². The molecule has 0 aromatic carbocycles. The number of aliphatic carboxylic acids is 2. The van der Waals surface area contributed by atoms with E-state index in [1.165, 1.54) is 0 Å². The van der Waals surface area contributed by atoms with Gasteiger partial charge in [-0.25, -0.2) is 9.59 Å². The Bertz CT molecular complexity index is 185. The Kier molecular flexibility index (Phi) is 10.3. The Balaban J connectivity index is 0. The van der Waals surface area contributed by atoms with Gasteiger partial charge in [0, 0.05) is 12.2 Å². The topological polar surface area (TPSA) is 109 Å². The van der Waals surface area contributed by atoms with Crippen molar-refractivity contribution >= 4 is 11.9 Å². The number of hydrogen-bond donors (Lipinski definition) is 2. The molecule has 0 radical (unpaired) electrons. The molecule has 0 rings (SSSR count). The summed E-state index contributed by atoms with van der Waals surface area (Å²) in [4.78, 5) is 19.1. The maximum absolute atomic E-state index is 9.55. The van der Waals surface area contributed by atoms with E-state index in [1.54, 1.807) is 0 Å². The molecule has 6 nitrogen and oxygen atoms in total. The van der Waals surface area contributed by atoms with Crippen molar-refractivity contribution in [2.24, 2.45) is 0 Å². The third-order valence-corrected chi connectivity index (χ3v) is 0.368. The third-order valence-electron chi connectivity index (χ3n) is 0.368. The standard InChI is InChI=1S/C4H4O4.2O.Ti/c5-3(6)1-2-4(7)8;;;/h1-2H,(H,5,6)(H,7,8);;;/b2-1-;;;. The fraction of sp³-hybridized carbons (Fsp3) is 0. The average molecular weight is 196 g/mol. The molecule has 0 unspecified atom stereocenters. The van der Waals surface area contributed by atoms with Gasteiger partial charge in [-0.05, 0) is 0 Å². The normalized spacial score (nSPS) is 7.64. The maximum atomic E-state index is 9.55. The first-order valence-corrected chi connectivity index (χ1v) is 3.45. The molecule has 0 atom stereocenters. The van der Waals surface area contributed by atoms with Crippen LogP contribution in [0, 0.1) is 0 Å². The van der Waals surface area contributed by atoms with Gasteiger partial charge in [-0.3, -0.25) is 0 Å². The molecule has 2 N–H and O–H groups in total. The minimum atomic E-state index is -2.00. The van der Waals surface area contributed by atoms with Crippen LogP contribution in [0.15, 0.2) is 12.2 Å². The van der Waals surface area contributed by atoms with Crippen LogP contribution >= 0.6 is 0 Å². The summed E-state index contributed by atoms with van der Waals surface area (Å²) >= 11 is -2.00. The van der Waals surface area contributed by atoms with Gasteiger partial charge in [0.1, 0.15) is 0 Å². The van der Waals surface area contributed by atoms with Crippen molar-refractivity contribution in [1.29, 1.82) is 0 Å². The summed E-state index contributed by atoms with van der Waals surface area (Å²) in [7, 11) is 0. The van der Waals surface area contributed by atoms with Crippen LogP contribution in [-0.4, -0.2) is 22.2 Å². The molecule has 0 fully saturated rings. The summed E-state index contributed by atoms with van der Waals surface area (Å²) in [6, 6.07) is 0. The molecule has 0 bridgehead atoms. The molecule has 0 aromatic rings. The van der Waals surface area contributed by atoms with Gasteiger partial charge in [-0.15, -0.1) is 0 Å². The van der Waals surface area contributed by atoms with Crippen molar-refractivity contribution in [3.05, 3.63) is 12.2 Å². The number of hydrogen-bond acceptors (Lipinski definition) is 4. The van der Waals surface area contributed by atoms with Crippen LogP contribution in [-0.2, 0) is 35.3 Å². The van der Waals surface area contributed by atoms with Gasteiger partial charge in [0.25, 0.3) is 0 Å². The number of carboxylic acids is 2. The molecule has 11 heavy (non-hydrogen) atoms. The Hall–Kier alpha value is -1.01. The molecule has 0 amide bonds. The third kappa shape index (κ3) is 27.6. The van der Waals surface area contributed by atoms with Gasteiger partial charge in [-0.1, -0.05) is 0 Å².